The molecule has 1 amide bonds. The Balaban J connectivity index is 2.21. The highest BCUT2D eigenvalue weighted by Gasteiger charge is 2.22. The quantitative estimate of drug-likeness (QED) is 0.811. The van der Waals surface area contributed by atoms with Crippen LogP contribution in [0.15, 0.2) is 22.8 Å². The first kappa shape index (κ1) is 12.2. The molecule has 1 N–H and O–H groups in total. The molecule has 6 nitrogen and oxygen atoms in total. The van der Waals surface area contributed by atoms with Gasteiger partial charge in [0.2, 0.25) is 5.76 Å². The highest BCUT2D eigenvalue weighted by Crippen LogP contribution is 2.26. The number of esters is 1. The molecule has 0 aliphatic carbocycles. The lowest BCUT2D eigenvalue weighted by molar-refractivity contribution is 0.0564. The zero-order valence-electron chi connectivity index (χ0n) is 9.88. The van der Waals surface area contributed by atoms with Crippen molar-refractivity contribution < 1.29 is 23.8 Å². The van der Waals surface area contributed by atoms with Crippen LogP contribution in [0.25, 0.3) is 5.57 Å². The lowest BCUT2D eigenvalue weighted by Gasteiger charge is -2.23. The number of hydrogen-bond donors (Lipinski definition) is 1. The first-order chi connectivity index (χ1) is 8.63. The third-order valence-electron chi connectivity index (χ3n) is 2.86. The van der Waals surface area contributed by atoms with E-state index < -0.39 is 12.1 Å². The summed E-state index contributed by atoms with van der Waals surface area (Å²) in [6.45, 7) is 0.726. The van der Waals surface area contributed by atoms with E-state index in [2.05, 4.69) is 4.74 Å². The second kappa shape index (κ2) is 4.95. The Bertz CT molecular complexity index is 502. The molecule has 0 fully saturated rings. The Morgan fingerprint density at radius 3 is 2.83 bits per heavy atom. The van der Waals surface area contributed by atoms with Crippen LogP contribution in [-0.2, 0) is 4.74 Å². The van der Waals surface area contributed by atoms with Crippen molar-refractivity contribution in [3.8, 4) is 0 Å². The van der Waals surface area contributed by atoms with Gasteiger partial charge in [0.15, 0.2) is 0 Å². The SMILES string of the molecule is COC(=O)c1occc1C1=CCN(C(=O)O)CC1. The molecule has 2 heterocycles. The highest BCUT2D eigenvalue weighted by atomic mass is 16.5. The topological polar surface area (TPSA) is 80.0 Å². The van der Waals surface area contributed by atoms with Crippen LogP contribution in [0, 0.1) is 0 Å². The summed E-state index contributed by atoms with van der Waals surface area (Å²) >= 11 is 0. The van der Waals surface area contributed by atoms with Crippen molar-refractivity contribution in [2.45, 2.75) is 6.42 Å². The van der Waals surface area contributed by atoms with Gasteiger partial charge in [-0.05, 0) is 18.1 Å². The minimum Gasteiger partial charge on any atom is -0.465 e. The van der Waals surface area contributed by atoms with E-state index in [9.17, 15) is 9.59 Å². The van der Waals surface area contributed by atoms with Crippen molar-refractivity contribution >= 4 is 17.6 Å². The van der Waals surface area contributed by atoms with Crippen molar-refractivity contribution in [3.63, 3.8) is 0 Å². The van der Waals surface area contributed by atoms with Crippen molar-refractivity contribution in [2.24, 2.45) is 0 Å². The summed E-state index contributed by atoms with van der Waals surface area (Å²) in [5.41, 5.74) is 1.58. The second-order valence-corrected chi connectivity index (χ2v) is 3.86. The van der Waals surface area contributed by atoms with Gasteiger partial charge in [0, 0.05) is 18.7 Å². The molecule has 0 atom stereocenters. The zero-order chi connectivity index (χ0) is 13.1. The maximum Gasteiger partial charge on any atom is 0.407 e. The van der Waals surface area contributed by atoms with Crippen LogP contribution in [0.1, 0.15) is 22.5 Å². The number of furan rings is 1. The van der Waals surface area contributed by atoms with Crippen molar-refractivity contribution in [3.05, 3.63) is 29.7 Å². The minimum atomic E-state index is -0.939. The lowest BCUT2D eigenvalue weighted by Crippen LogP contribution is -2.33. The number of rotatable bonds is 2. The molecule has 0 aromatic carbocycles. The van der Waals surface area contributed by atoms with E-state index in [1.807, 2.05) is 0 Å². The molecule has 0 unspecified atom stereocenters. The molecule has 1 aliphatic rings. The van der Waals surface area contributed by atoms with Crippen molar-refractivity contribution in [2.75, 3.05) is 20.2 Å². The molecule has 1 aromatic heterocycles. The Morgan fingerprint density at radius 1 is 1.50 bits per heavy atom. The van der Waals surface area contributed by atoms with Crippen molar-refractivity contribution in [1.29, 1.82) is 0 Å². The summed E-state index contributed by atoms with van der Waals surface area (Å²) in [7, 11) is 1.29. The van der Waals surface area contributed by atoms with Gasteiger partial charge in [-0.15, -0.1) is 0 Å². The van der Waals surface area contributed by atoms with Crippen LogP contribution in [0.4, 0.5) is 4.79 Å². The van der Waals surface area contributed by atoms with Crippen LogP contribution >= 0.6 is 0 Å². The number of carboxylic acid groups (broad SMARTS) is 1. The normalized spacial score (nSPS) is 15.2. The van der Waals surface area contributed by atoms with E-state index in [0.717, 1.165) is 5.57 Å². The molecule has 18 heavy (non-hydrogen) atoms. The molecule has 0 radical (unpaired) electrons. The Kier molecular flexibility index (Phi) is 3.36. The van der Waals surface area contributed by atoms with Crippen LogP contribution in [0.5, 0.6) is 0 Å². The summed E-state index contributed by atoms with van der Waals surface area (Å²) in [6, 6.07) is 1.69. The molecule has 0 bridgehead atoms. The predicted octanol–water partition coefficient (Wildman–Crippen LogP) is 1.83. The minimum absolute atomic E-state index is 0.160. The van der Waals surface area contributed by atoms with Crippen LogP contribution < -0.4 is 0 Å². The molecule has 6 heteroatoms. The second-order valence-electron chi connectivity index (χ2n) is 3.86. The number of amides is 1. The smallest absolute Gasteiger partial charge is 0.407 e. The lowest BCUT2D eigenvalue weighted by atomic mass is 10.00. The third-order valence-corrected chi connectivity index (χ3v) is 2.86. The monoisotopic (exact) mass is 251 g/mol. The largest absolute Gasteiger partial charge is 0.465 e. The van der Waals surface area contributed by atoms with Gasteiger partial charge in [-0.3, -0.25) is 0 Å². The summed E-state index contributed by atoms with van der Waals surface area (Å²) in [4.78, 5) is 23.5. The number of methoxy groups -OCH3 is 1. The van der Waals surface area contributed by atoms with E-state index in [1.54, 1.807) is 12.1 Å². The average Bonchev–Trinajstić information content (AvgIpc) is 2.87. The molecule has 0 spiro atoms. The molecular formula is C12H13NO5. The van der Waals surface area contributed by atoms with Gasteiger partial charge in [0.05, 0.1) is 13.4 Å². The first-order valence-corrected chi connectivity index (χ1v) is 5.46. The molecule has 2 rings (SSSR count). The Labute approximate surface area is 103 Å². The maximum atomic E-state index is 11.5. The van der Waals surface area contributed by atoms with Gasteiger partial charge in [-0.2, -0.15) is 0 Å². The molecular weight excluding hydrogens is 238 g/mol. The van der Waals surface area contributed by atoms with Gasteiger partial charge >= 0.3 is 12.1 Å². The number of carbonyl (C=O) groups is 2. The molecule has 0 saturated carbocycles. The predicted molar refractivity (Wildman–Crippen MR) is 62.2 cm³/mol. The van der Waals surface area contributed by atoms with E-state index in [-0.39, 0.29) is 5.76 Å². The summed E-state index contributed by atoms with van der Waals surface area (Å²) in [5, 5.41) is 8.84. The molecule has 1 aromatic rings. The Hall–Kier alpha value is -2.24. The van der Waals surface area contributed by atoms with Gasteiger partial charge in [-0.25, -0.2) is 9.59 Å². The summed E-state index contributed by atoms with van der Waals surface area (Å²) in [6.07, 6.45) is 2.82. The van der Waals surface area contributed by atoms with Crippen LogP contribution in [-0.4, -0.2) is 42.3 Å². The van der Waals surface area contributed by atoms with Crippen LogP contribution in [0.2, 0.25) is 0 Å². The van der Waals surface area contributed by atoms with Gasteiger partial charge < -0.3 is 19.2 Å². The highest BCUT2D eigenvalue weighted by molar-refractivity contribution is 5.92. The number of nitrogens with zero attached hydrogens (tertiary/aromatic N) is 1. The fraction of sp³-hybridized carbons (Fsp3) is 0.333. The number of hydrogen-bond acceptors (Lipinski definition) is 4. The molecule has 96 valence electrons. The van der Waals surface area contributed by atoms with Gasteiger partial charge in [-0.1, -0.05) is 6.08 Å². The van der Waals surface area contributed by atoms with E-state index >= 15 is 0 Å². The number of carbonyl (C=O) groups excluding carboxylic acids is 1. The average molecular weight is 251 g/mol. The maximum absolute atomic E-state index is 11.5. The van der Waals surface area contributed by atoms with Gasteiger partial charge in [0.25, 0.3) is 0 Å². The van der Waals surface area contributed by atoms with Gasteiger partial charge in [0.1, 0.15) is 0 Å². The summed E-state index contributed by atoms with van der Waals surface area (Å²) < 4.78 is 9.72. The number of ether oxygens (including phenoxy) is 1. The summed E-state index contributed by atoms with van der Waals surface area (Å²) in [5.74, 6) is -0.371. The van der Waals surface area contributed by atoms with E-state index in [0.29, 0.717) is 25.1 Å². The standard InChI is InChI=1S/C12H13NO5/c1-17-11(14)10-9(4-7-18-10)8-2-5-13(6-3-8)12(15)16/h2,4,7H,3,5-6H2,1H3,(H,15,16). The van der Waals surface area contributed by atoms with Crippen LogP contribution in [0.3, 0.4) is 0 Å². The van der Waals surface area contributed by atoms with E-state index in [1.165, 1.54) is 18.3 Å². The van der Waals surface area contributed by atoms with E-state index in [4.69, 9.17) is 9.52 Å². The van der Waals surface area contributed by atoms with Crippen molar-refractivity contribution in [1.82, 2.24) is 4.90 Å². The fourth-order valence-corrected chi connectivity index (χ4v) is 1.90. The molecule has 0 saturated heterocycles. The first-order valence-electron chi connectivity index (χ1n) is 5.46. The fourth-order valence-electron chi connectivity index (χ4n) is 1.90. The molecule has 1 aliphatic heterocycles. The third kappa shape index (κ3) is 2.22. The zero-order valence-corrected chi connectivity index (χ0v) is 9.88. The Morgan fingerprint density at radius 2 is 2.28 bits per heavy atom.